The molecule has 0 bridgehead atoms. The van der Waals surface area contributed by atoms with Crippen LogP contribution in [0.3, 0.4) is 0 Å². The number of benzene rings is 2. The molecular weight excluding hydrogens is 348 g/mol. The third-order valence-electron chi connectivity index (χ3n) is 5.48. The van der Waals surface area contributed by atoms with Crippen LogP contribution in [0.5, 0.6) is 0 Å². The van der Waals surface area contributed by atoms with E-state index in [4.69, 9.17) is 0 Å². The lowest BCUT2D eigenvalue weighted by Gasteiger charge is -2.24. The Hall–Kier alpha value is -3.08. The number of aryl methyl sites for hydroxylation is 1. The number of amides is 1. The lowest BCUT2D eigenvalue weighted by molar-refractivity contribution is -0.116. The molecule has 0 fully saturated rings. The number of aromatic nitrogens is 2. The monoisotopic (exact) mass is 374 g/mol. The topological polar surface area (TPSA) is 50.2 Å². The third kappa shape index (κ3) is 3.40. The Labute approximate surface area is 166 Å². The molecule has 5 nitrogen and oxygen atoms in total. The van der Waals surface area contributed by atoms with E-state index in [-0.39, 0.29) is 5.91 Å². The van der Waals surface area contributed by atoms with E-state index in [0.29, 0.717) is 12.5 Å². The van der Waals surface area contributed by atoms with Gasteiger partial charge < -0.3 is 10.2 Å². The number of hydrogen-bond donors (Lipinski definition) is 1. The Morgan fingerprint density at radius 1 is 1.11 bits per heavy atom. The molecule has 1 atom stereocenters. The van der Waals surface area contributed by atoms with Gasteiger partial charge in [-0.05, 0) is 51.0 Å². The zero-order chi connectivity index (χ0) is 19.7. The number of rotatable bonds is 5. The van der Waals surface area contributed by atoms with Crippen LogP contribution in [0.4, 0.5) is 11.4 Å². The van der Waals surface area contributed by atoms with E-state index < -0.39 is 0 Å². The number of nitrogens with one attached hydrogen (secondary N) is 1. The van der Waals surface area contributed by atoms with Crippen LogP contribution in [-0.2, 0) is 11.2 Å². The summed E-state index contributed by atoms with van der Waals surface area (Å²) in [6.07, 6.45) is 1.49. The van der Waals surface area contributed by atoms with E-state index in [1.807, 2.05) is 48.9 Å². The second-order valence-corrected chi connectivity index (χ2v) is 7.47. The van der Waals surface area contributed by atoms with Gasteiger partial charge in [0.25, 0.3) is 0 Å². The van der Waals surface area contributed by atoms with E-state index >= 15 is 0 Å². The number of carbonyl (C=O) groups is 1. The smallest absolute Gasteiger partial charge is 0.226 e. The average molecular weight is 374 g/mol. The van der Waals surface area contributed by atoms with Crippen LogP contribution in [0.1, 0.15) is 30.3 Å². The van der Waals surface area contributed by atoms with Gasteiger partial charge in [-0.25, -0.2) is 4.68 Å². The highest BCUT2D eigenvalue weighted by atomic mass is 16.1. The molecule has 0 saturated heterocycles. The second kappa shape index (κ2) is 7.50. The van der Waals surface area contributed by atoms with Crippen LogP contribution in [0.15, 0.2) is 54.6 Å². The van der Waals surface area contributed by atoms with Gasteiger partial charge in [-0.1, -0.05) is 36.4 Å². The Morgan fingerprint density at radius 3 is 2.61 bits per heavy atom. The summed E-state index contributed by atoms with van der Waals surface area (Å²) in [5.74, 6) is 0.0235. The molecule has 0 radical (unpaired) electrons. The van der Waals surface area contributed by atoms with Crippen LogP contribution >= 0.6 is 0 Å². The molecule has 1 aliphatic rings. The van der Waals surface area contributed by atoms with Crippen molar-refractivity contribution in [2.24, 2.45) is 0 Å². The predicted molar refractivity (Wildman–Crippen MR) is 113 cm³/mol. The van der Waals surface area contributed by atoms with E-state index in [2.05, 4.69) is 46.5 Å². The van der Waals surface area contributed by atoms with Crippen LogP contribution in [0, 0.1) is 13.8 Å². The third-order valence-corrected chi connectivity index (χ3v) is 5.48. The summed E-state index contributed by atoms with van der Waals surface area (Å²) in [5.41, 5.74) is 6.19. The quantitative estimate of drug-likeness (QED) is 0.726. The maximum absolute atomic E-state index is 12.7. The SMILES string of the molecule is Cc1nn(-c2ccccc2)c(C)c1NC(=O)CCN1c2ccccc2CC1C. The Bertz CT molecular complexity index is 993. The van der Waals surface area contributed by atoms with E-state index in [0.717, 1.165) is 35.7 Å². The molecule has 4 rings (SSSR count). The van der Waals surface area contributed by atoms with Crippen LogP contribution in [0.25, 0.3) is 5.69 Å². The molecule has 0 spiro atoms. The van der Waals surface area contributed by atoms with Crippen LogP contribution in [-0.4, -0.2) is 28.3 Å². The van der Waals surface area contributed by atoms with Crippen LogP contribution < -0.4 is 10.2 Å². The van der Waals surface area contributed by atoms with Crippen LogP contribution in [0.2, 0.25) is 0 Å². The summed E-state index contributed by atoms with van der Waals surface area (Å²) in [6.45, 7) is 6.85. The van der Waals surface area contributed by atoms with Crippen molar-refractivity contribution in [3.05, 3.63) is 71.5 Å². The molecule has 5 heteroatoms. The number of carbonyl (C=O) groups excluding carboxylic acids is 1. The summed E-state index contributed by atoms with van der Waals surface area (Å²) in [4.78, 5) is 15.0. The van der Waals surface area contributed by atoms with E-state index in [1.54, 1.807) is 0 Å². The summed E-state index contributed by atoms with van der Waals surface area (Å²) in [6, 6.07) is 18.9. The van der Waals surface area contributed by atoms with Crippen molar-refractivity contribution >= 4 is 17.3 Å². The highest BCUT2D eigenvalue weighted by Gasteiger charge is 2.25. The Kier molecular flexibility index (Phi) is 4.90. The van der Waals surface area contributed by atoms with E-state index in [1.165, 1.54) is 11.3 Å². The molecule has 1 unspecified atom stereocenters. The molecule has 28 heavy (non-hydrogen) atoms. The molecule has 3 aromatic rings. The molecule has 144 valence electrons. The van der Waals surface area contributed by atoms with Gasteiger partial charge in [-0.2, -0.15) is 5.10 Å². The van der Waals surface area contributed by atoms with Gasteiger partial charge in [0.15, 0.2) is 0 Å². The van der Waals surface area contributed by atoms with Crippen molar-refractivity contribution in [3.63, 3.8) is 0 Å². The fourth-order valence-electron chi connectivity index (χ4n) is 4.04. The van der Waals surface area contributed by atoms with Gasteiger partial charge in [-0.3, -0.25) is 4.79 Å². The molecule has 1 amide bonds. The van der Waals surface area contributed by atoms with E-state index in [9.17, 15) is 4.79 Å². The van der Waals surface area contributed by atoms with Crippen molar-refractivity contribution in [2.75, 3.05) is 16.8 Å². The maximum Gasteiger partial charge on any atom is 0.226 e. The first kappa shape index (κ1) is 18.3. The van der Waals surface area contributed by atoms with Gasteiger partial charge in [0.05, 0.1) is 22.8 Å². The second-order valence-electron chi connectivity index (χ2n) is 7.47. The molecule has 2 aromatic carbocycles. The van der Waals surface area contributed by atoms with Gasteiger partial charge in [0.2, 0.25) is 5.91 Å². The molecule has 1 N–H and O–H groups in total. The minimum Gasteiger partial charge on any atom is -0.368 e. The normalized spacial score (nSPS) is 15.5. The first-order valence-electron chi connectivity index (χ1n) is 9.80. The fraction of sp³-hybridized carbons (Fsp3) is 0.304. The number of anilines is 2. The minimum atomic E-state index is 0.0235. The van der Waals surface area contributed by atoms with Crippen molar-refractivity contribution in [1.29, 1.82) is 0 Å². The predicted octanol–water partition coefficient (Wildman–Crippen LogP) is 4.27. The van der Waals surface area contributed by atoms with Crippen molar-refractivity contribution in [2.45, 2.75) is 39.7 Å². The molecule has 1 aliphatic heterocycles. The van der Waals surface area contributed by atoms with Gasteiger partial charge in [0, 0.05) is 24.7 Å². The van der Waals surface area contributed by atoms with Gasteiger partial charge >= 0.3 is 0 Å². The zero-order valence-electron chi connectivity index (χ0n) is 16.6. The minimum absolute atomic E-state index is 0.0235. The lowest BCUT2D eigenvalue weighted by atomic mass is 10.1. The molecule has 0 aliphatic carbocycles. The standard InChI is InChI=1S/C23H26N4O/c1-16-15-19-9-7-8-12-21(19)26(16)14-13-22(28)24-23-17(2)25-27(18(23)3)20-10-5-4-6-11-20/h4-12,16H,13-15H2,1-3H3,(H,24,28). The van der Waals surface area contributed by atoms with Crippen molar-refractivity contribution in [3.8, 4) is 5.69 Å². The van der Waals surface area contributed by atoms with Crippen molar-refractivity contribution < 1.29 is 4.79 Å². The van der Waals surface area contributed by atoms with Gasteiger partial charge in [0.1, 0.15) is 0 Å². The summed E-state index contributed by atoms with van der Waals surface area (Å²) >= 11 is 0. The molecular formula is C23H26N4O. The summed E-state index contributed by atoms with van der Waals surface area (Å²) in [7, 11) is 0. The largest absolute Gasteiger partial charge is 0.368 e. The molecule has 2 heterocycles. The number of para-hydroxylation sites is 2. The number of hydrogen-bond acceptors (Lipinski definition) is 3. The molecule has 1 aromatic heterocycles. The van der Waals surface area contributed by atoms with Gasteiger partial charge in [-0.15, -0.1) is 0 Å². The Balaban J connectivity index is 1.44. The first-order chi connectivity index (χ1) is 13.5. The number of fused-ring (bicyclic) bond motifs is 1. The highest BCUT2D eigenvalue weighted by molar-refractivity contribution is 5.92. The highest BCUT2D eigenvalue weighted by Crippen LogP contribution is 2.31. The maximum atomic E-state index is 12.7. The first-order valence-corrected chi connectivity index (χ1v) is 9.80. The summed E-state index contributed by atoms with van der Waals surface area (Å²) in [5, 5.41) is 7.69. The average Bonchev–Trinajstić information content (AvgIpc) is 3.17. The lowest BCUT2D eigenvalue weighted by Crippen LogP contribution is -2.32. The fourth-order valence-corrected chi connectivity index (χ4v) is 4.04. The summed E-state index contributed by atoms with van der Waals surface area (Å²) < 4.78 is 1.88. The zero-order valence-corrected chi connectivity index (χ0v) is 16.6. The molecule has 0 saturated carbocycles. The Morgan fingerprint density at radius 2 is 1.82 bits per heavy atom. The van der Waals surface area contributed by atoms with Crippen molar-refractivity contribution in [1.82, 2.24) is 9.78 Å². The number of nitrogens with zero attached hydrogens (tertiary/aromatic N) is 3.